The number of hydrogen-bond acceptors (Lipinski definition) is 3. The van der Waals surface area contributed by atoms with Gasteiger partial charge in [0.05, 0.1) is 12.5 Å². The summed E-state index contributed by atoms with van der Waals surface area (Å²) < 4.78 is 5.29. The standard InChI is InChI=1S/C24H29NO2/c1-2-27-24(26)20-10-7-15-25(16-20)17-23-21-11-5-3-8-18(21)13-14-19-9-4-6-12-22(19)23/h3-6,8-9,11-12,20,23H,2,7,10,13-17H2,1H3/t20-/m0/s1. The van der Waals surface area contributed by atoms with E-state index >= 15 is 0 Å². The molecule has 0 unspecified atom stereocenters. The fourth-order valence-electron chi connectivity index (χ4n) is 4.77. The van der Waals surface area contributed by atoms with Gasteiger partial charge in [-0.25, -0.2) is 0 Å². The summed E-state index contributed by atoms with van der Waals surface area (Å²) in [7, 11) is 0. The number of aryl methyl sites for hydroxylation is 2. The van der Waals surface area contributed by atoms with Crippen LogP contribution in [0.15, 0.2) is 48.5 Å². The summed E-state index contributed by atoms with van der Waals surface area (Å²) >= 11 is 0. The molecule has 0 spiro atoms. The molecule has 0 radical (unpaired) electrons. The van der Waals surface area contributed by atoms with Crippen LogP contribution in [0.4, 0.5) is 0 Å². The van der Waals surface area contributed by atoms with Crippen molar-refractivity contribution < 1.29 is 9.53 Å². The molecule has 1 aliphatic carbocycles. The van der Waals surface area contributed by atoms with Crippen LogP contribution in [0.25, 0.3) is 0 Å². The van der Waals surface area contributed by atoms with Gasteiger partial charge in [-0.2, -0.15) is 0 Å². The van der Waals surface area contributed by atoms with Gasteiger partial charge in [0.1, 0.15) is 0 Å². The Hall–Kier alpha value is -2.13. The summed E-state index contributed by atoms with van der Waals surface area (Å²) in [5, 5.41) is 0. The van der Waals surface area contributed by atoms with E-state index in [0.717, 1.165) is 45.3 Å². The molecule has 1 aliphatic heterocycles. The van der Waals surface area contributed by atoms with Gasteiger partial charge >= 0.3 is 5.97 Å². The van der Waals surface area contributed by atoms with Gasteiger partial charge in [0.25, 0.3) is 0 Å². The first kappa shape index (κ1) is 18.2. The predicted octanol–water partition coefficient (Wildman–Crippen LogP) is 4.19. The molecule has 0 bridgehead atoms. The first-order chi connectivity index (χ1) is 13.3. The molecular formula is C24H29NO2. The molecule has 1 heterocycles. The molecule has 0 amide bonds. The maximum absolute atomic E-state index is 12.2. The number of carbonyl (C=O) groups excluding carboxylic acids is 1. The van der Waals surface area contributed by atoms with Crippen LogP contribution in [0.1, 0.15) is 47.9 Å². The summed E-state index contributed by atoms with van der Waals surface area (Å²) in [6.45, 7) is 5.22. The topological polar surface area (TPSA) is 29.5 Å². The first-order valence-electron chi connectivity index (χ1n) is 10.3. The largest absolute Gasteiger partial charge is 0.466 e. The van der Waals surface area contributed by atoms with E-state index in [4.69, 9.17) is 4.74 Å². The van der Waals surface area contributed by atoms with Crippen molar-refractivity contribution in [2.45, 2.75) is 38.5 Å². The van der Waals surface area contributed by atoms with E-state index in [9.17, 15) is 4.79 Å². The third-order valence-corrected chi connectivity index (χ3v) is 6.09. The Morgan fingerprint density at radius 3 is 2.30 bits per heavy atom. The van der Waals surface area contributed by atoms with Crippen molar-refractivity contribution in [2.24, 2.45) is 5.92 Å². The summed E-state index contributed by atoms with van der Waals surface area (Å²) in [6.07, 6.45) is 4.23. The Bertz CT molecular complexity index is 753. The van der Waals surface area contributed by atoms with Crippen molar-refractivity contribution >= 4 is 5.97 Å². The SMILES string of the molecule is CCOC(=O)[C@H]1CCCN(CC2c3ccccc3CCc3ccccc32)C1. The number of hydrogen-bond donors (Lipinski definition) is 0. The van der Waals surface area contributed by atoms with Crippen molar-refractivity contribution in [3.63, 3.8) is 0 Å². The van der Waals surface area contributed by atoms with Crippen molar-refractivity contribution in [3.8, 4) is 0 Å². The molecule has 3 heteroatoms. The number of esters is 1. The lowest BCUT2D eigenvalue weighted by atomic mass is 9.86. The smallest absolute Gasteiger partial charge is 0.310 e. The minimum Gasteiger partial charge on any atom is -0.466 e. The highest BCUT2D eigenvalue weighted by molar-refractivity contribution is 5.72. The van der Waals surface area contributed by atoms with Crippen LogP contribution in [0.5, 0.6) is 0 Å². The Morgan fingerprint density at radius 2 is 1.67 bits per heavy atom. The van der Waals surface area contributed by atoms with E-state index in [1.165, 1.54) is 22.3 Å². The molecule has 0 saturated carbocycles. The number of rotatable bonds is 4. The van der Waals surface area contributed by atoms with Crippen LogP contribution in [0, 0.1) is 5.92 Å². The molecule has 1 atom stereocenters. The van der Waals surface area contributed by atoms with E-state index in [0.29, 0.717) is 12.5 Å². The highest BCUT2D eigenvalue weighted by Crippen LogP contribution is 2.35. The monoisotopic (exact) mass is 363 g/mol. The van der Waals surface area contributed by atoms with E-state index in [2.05, 4.69) is 53.4 Å². The van der Waals surface area contributed by atoms with Gasteiger partial charge in [-0.3, -0.25) is 4.79 Å². The van der Waals surface area contributed by atoms with Crippen LogP contribution >= 0.6 is 0 Å². The number of carbonyl (C=O) groups is 1. The molecule has 1 saturated heterocycles. The minimum absolute atomic E-state index is 0.0231. The zero-order chi connectivity index (χ0) is 18.6. The number of ether oxygens (including phenoxy) is 1. The van der Waals surface area contributed by atoms with E-state index in [1.807, 2.05) is 6.92 Å². The average Bonchev–Trinajstić information content (AvgIpc) is 2.86. The summed E-state index contributed by atoms with van der Waals surface area (Å²) in [5.74, 6) is 0.375. The van der Waals surface area contributed by atoms with Gasteiger partial charge < -0.3 is 9.64 Å². The molecule has 2 aliphatic rings. The number of benzene rings is 2. The number of likely N-dealkylation sites (tertiary alicyclic amines) is 1. The van der Waals surface area contributed by atoms with E-state index in [-0.39, 0.29) is 11.9 Å². The zero-order valence-electron chi connectivity index (χ0n) is 16.2. The Morgan fingerprint density at radius 1 is 1.04 bits per heavy atom. The van der Waals surface area contributed by atoms with Crippen molar-refractivity contribution in [1.82, 2.24) is 4.90 Å². The second-order valence-corrected chi connectivity index (χ2v) is 7.80. The van der Waals surface area contributed by atoms with Crippen molar-refractivity contribution in [1.29, 1.82) is 0 Å². The van der Waals surface area contributed by atoms with Gasteiger partial charge in [-0.1, -0.05) is 48.5 Å². The van der Waals surface area contributed by atoms with Crippen molar-refractivity contribution in [3.05, 3.63) is 70.8 Å². The van der Waals surface area contributed by atoms with Crippen LogP contribution in [0.2, 0.25) is 0 Å². The molecule has 3 nitrogen and oxygen atoms in total. The Balaban J connectivity index is 1.60. The molecular weight excluding hydrogens is 334 g/mol. The molecule has 0 aromatic heterocycles. The Labute approximate surface area is 162 Å². The van der Waals surface area contributed by atoms with Gasteiger partial charge in [0.15, 0.2) is 0 Å². The highest BCUT2D eigenvalue weighted by Gasteiger charge is 2.30. The third kappa shape index (κ3) is 3.93. The van der Waals surface area contributed by atoms with Crippen LogP contribution in [0.3, 0.4) is 0 Å². The normalized spacial score (nSPS) is 20.4. The van der Waals surface area contributed by atoms with Crippen LogP contribution in [-0.4, -0.2) is 37.1 Å². The maximum atomic E-state index is 12.2. The molecule has 27 heavy (non-hydrogen) atoms. The molecule has 2 aromatic carbocycles. The number of piperidine rings is 1. The molecule has 1 fully saturated rings. The first-order valence-corrected chi connectivity index (χ1v) is 10.3. The zero-order valence-corrected chi connectivity index (χ0v) is 16.2. The minimum atomic E-state index is -0.0242. The second kappa shape index (κ2) is 8.26. The van der Waals surface area contributed by atoms with E-state index in [1.54, 1.807) is 0 Å². The van der Waals surface area contributed by atoms with Gasteiger partial charge in [0.2, 0.25) is 0 Å². The maximum Gasteiger partial charge on any atom is 0.310 e. The lowest BCUT2D eigenvalue weighted by Crippen LogP contribution is -2.41. The molecule has 2 aromatic rings. The third-order valence-electron chi connectivity index (χ3n) is 6.09. The van der Waals surface area contributed by atoms with Gasteiger partial charge in [-0.05, 0) is 61.4 Å². The molecule has 142 valence electrons. The molecule has 0 N–H and O–H groups in total. The summed E-state index contributed by atoms with van der Waals surface area (Å²) in [6, 6.07) is 17.8. The fourth-order valence-corrected chi connectivity index (χ4v) is 4.77. The van der Waals surface area contributed by atoms with Gasteiger partial charge in [-0.15, -0.1) is 0 Å². The summed E-state index contributed by atoms with van der Waals surface area (Å²) in [4.78, 5) is 14.7. The number of nitrogens with zero attached hydrogens (tertiary/aromatic N) is 1. The van der Waals surface area contributed by atoms with E-state index < -0.39 is 0 Å². The second-order valence-electron chi connectivity index (χ2n) is 7.80. The van der Waals surface area contributed by atoms with Gasteiger partial charge in [0, 0.05) is 19.0 Å². The summed E-state index contributed by atoms with van der Waals surface area (Å²) in [5.41, 5.74) is 5.86. The Kier molecular flexibility index (Phi) is 5.58. The molecule has 4 rings (SSSR count). The van der Waals surface area contributed by atoms with Crippen LogP contribution in [-0.2, 0) is 22.4 Å². The van der Waals surface area contributed by atoms with Crippen molar-refractivity contribution in [2.75, 3.05) is 26.2 Å². The lowest BCUT2D eigenvalue weighted by molar-refractivity contribution is -0.149. The highest BCUT2D eigenvalue weighted by atomic mass is 16.5. The predicted molar refractivity (Wildman–Crippen MR) is 108 cm³/mol. The quantitative estimate of drug-likeness (QED) is 0.763. The average molecular weight is 364 g/mol. The van der Waals surface area contributed by atoms with Crippen LogP contribution < -0.4 is 0 Å². The fraction of sp³-hybridized carbons (Fsp3) is 0.458. The lowest BCUT2D eigenvalue weighted by Gasteiger charge is -2.34. The number of fused-ring (bicyclic) bond motifs is 2.